The van der Waals surface area contributed by atoms with Crippen molar-refractivity contribution in [1.29, 1.82) is 0 Å². The average molecular weight is 327 g/mol. The van der Waals surface area contributed by atoms with Gasteiger partial charge in [0.05, 0.1) is 6.04 Å². The molecule has 0 aromatic heterocycles. The number of hydrogen-bond donors (Lipinski definition) is 1. The molecular weight excluding hydrogens is 308 g/mol. The topological polar surface area (TPSA) is 24.4 Å². The van der Waals surface area contributed by atoms with Gasteiger partial charge in [0.2, 0.25) is 0 Å². The lowest BCUT2D eigenvalue weighted by atomic mass is 10.1. The largest absolute Gasteiger partial charge is 0.335 e. The highest BCUT2D eigenvalue weighted by Gasteiger charge is 2.19. The molecule has 1 heterocycles. The van der Waals surface area contributed by atoms with Gasteiger partial charge in [0.15, 0.2) is 5.17 Å². The molecule has 1 aliphatic heterocycles. The Kier molecular flexibility index (Phi) is 4.73. The first kappa shape index (κ1) is 13.9. The molecule has 0 aliphatic carbocycles. The zero-order chi connectivity index (χ0) is 13.1. The van der Waals surface area contributed by atoms with E-state index >= 15 is 0 Å². The SMILES string of the molecule is Cc1ccc(Br)cc1NC1=NC(CC(C)C)CS1. The standard InChI is InChI=1S/C14H19BrN2S/c1-9(2)6-12-8-18-14(16-12)17-13-7-11(15)5-4-10(13)3/h4-5,7,9,12H,6,8H2,1-3H3,(H,16,17). The smallest absolute Gasteiger partial charge is 0.161 e. The summed E-state index contributed by atoms with van der Waals surface area (Å²) in [7, 11) is 0. The van der Waals surface area contributed by atoms with Crippen LogP contribution < -0.4 is 5.32 Å². The summed E-state index contributed by atoms with van der Waals surface area (Å²) in [5.74, 6) is 1.82. The lowest BCUT2D eigenvalue weighted by Gasteiger charge is -2.09. The molecule has 2 nitrogen and oxygen atoms in total. The van der Waals surface area contributed by atoms with Crippen LogP contribution in [-0.2, 0) is 0 Å². The minimum Gasteiger partial charge on any atom is -0.335 e. The van der Waals surface area contributed by atoms with Crippen LogP contribution in [0.5, 0.6) is 0 Å². The second-order valence-electron chi connectivity index (χ2n) is 5.11. The summed E-state index contributed by atoms with van der Waals surface area (Å²) in [4.78, 5) is 4.75. The van der Waals surface area contributed by atoms with Crippen LogP contribution in [0.25, 0.3) is 0 Å². The number of amidine groups is 1. The molecule has 0 spiro atoms. The van der Waals surface area contributed by atoms with E-state index in [1.165, 1.54) is 12.0 Å². The molecular formula is C14H19BrN2S. The first-order valence-electron chi connectivity index (χ1n) is 6.28. The zero-order valence-corrected chi connectivity index (χ0v) is 13.4. The fraction of sp³-hybridized carbons (Fsp3) is 0.500. The van der Waals surface area contributed by atoms with E-state index in [9.17, 15) is 0 Å². The molecule has 18 heavy (non-hydrogen) atoms. The Bertz CT molecular complexity index is 457. The van der Waals surface area contributed by atoms with Crippen molar-refractivity contribution >= 4 is 38.5 Å². The highest BCUT2D eigenvalue weighted by molar-refractivity contribution is 9.10. The van der Waals surface area contributed by atoms with Crippen molar-refractivity contribution in [3.05, 3.63) is 28.2 Å². The maximum absolute atomic E-state index is 4.75. The normalized spacial score (nSPS) is 19.2. The zero-order valence-electron chi connectivity index (χ0n) is 11.0. The fourth-order valence-electron chi connectivity index (χ4n) is 1.99. The molecule has 0 saturated heterocycles. The van der Waals surface area contributed by atoms with Gasteiger partial charge in [0, 0.05) is 15.9 Å². The number of halogens is 1. The van der Waals surface area contributed by atoms with Gasteiger partial charge in [-0.2, -0.15) is 0 Å². The molecule has 1 aromatic rings. The van der Waals surface area contributed by atoms with Gasteiger partial charge in [-0.15, -0.1) is 0 Å². The molecule has 98 valence electrons. The highest BCUT2D eigenvalue weighted by atomic mass is 79.9. The van der Waals surface area contributed by atoms with E-state index in [1.807, 2.05) is 11.8 Å². The number of rotatable bonds is 3. The number of benzene rings is 1. The Labute approximate surface area is 122 Å². The highest BCUT2D eigenvalue weighted by Crippen LogP contribution is 2.26. The van der Waals surface area contributed by atoms with Gasteiger partial charge >= 0.3 is 0 Å². The van der Waals surface area contributed by atoms with Gasteiger partial charge in [-0.1, -0.05) is 47.6 Å². The van der Waals surface area contributed by atoms with Crippen molar-refractivity contribution in [2.24, 2.45) is 10.9 Å². The minimum atomic E-state index is 0.477. The number of hydrogen-bond acceptors (Lipinski definition) is 3. The molecule has 1 unspecified atom stereocenters. The predicted molar refractivity (Wildman–Crippen MR) is 85.6 cm³/mol. The monoisotopic (exact) mass is 326 g/mol. The molecule has 0 fully saturated rings. The van der Waals surface area contributed by atoms with Crippen LogP contribution in [0.2, 0.25) is 0 Å². The third kappa shape index (κ3) is 3.75. The molecule has 0 saturated carbocycles. The number of nitrogens with one attached hydrogen (secondary N) is 1. The minimum absolute atomic E-state index is 0.477. The van der Waals surface area contributed by atoms with Gasteiger partial charge in [0.25, 0.3) is 0 Å². The molecule has 1 atom stereocenters. The first-order valence-corrected chi connectivity index (χ1v) is 8.06. The molecule has 0 bridgehead atoms. The summed E-state index contributed by atoms with van der Waals surface area (Å²) in [6, 6.07) is 6.75. The van der Waals surface area contributed by atoms with Crippen molar-refractivity contribution in [2.75, 3.05) is 11.1 Å². The summed E-state index contributed by atoms with van der Waals surface area (Å²) in [5, 5.41) is 4.49. The average Bonchev–Trinajstić information content (AvgIpc) is 2.70. The van der Waals surface area contributed by atoms with Crippen LogP contribution in [-0.4, -0.2) is 17.0 Å². The van der Waals surface area contributed by atoms with E-state index in [0.717, 1.165) is 21.1 Å². The van der Waals surface area contributed by atoms with Crippen molar-refractivity contribution < 1.29 is 0 Å². The van der Waals surface area contributed by atoms with Crippen LogP contribution >= 0.6 is 27.7 Å². The van der Waals surface area contributed by atoms with Crippen LogP contribution in [0.4, 0.5) is 5.69 Å². The summed E-state index contributed by atoms with van der Waals surface area (Å²) >= 11 is 5.33. The van der Waals surface area contributed by atoms with E-state index in [4.69, 9.17) is 4.99 Å². The van der Waals surface area contributed by atoms with Crippen molar-refractivity contribution in [3.63, 3.8) is 0 Å². The number of nitrogens with zero attached hydrogens (tertiary/aromatic N) is 1. The van der Waals surface area contributed by atoms with E-state index in [-0.39, 0.29) is 0 Å². The fourth-order valence-corrected chi connectivity index (χ4v) is 3.32. The molecule has 0 amide bonds. The predicted octanol–water partition coefficient (Wildman–Crippen LogP) is 4.69. The summed E-state index contributed by atoms with van der Waals surface area (Å²) in [6.07, 6.45) is 1.18. The maximum Gasteiger partial charge on any atom is 0.161 e. The number of anilines is 1. The lowest BCUT2D eigenvalue weighted by Crippen LogP contribution is -2.08. The summed E-state index contributed by atoms with van der Waals surface area (Å²) < 4.78 is 1.10. The van der Waals surface area contributed by atoms with Gasteiger partial charge < -0.3 is 5.32 Å². The van der Waals surface area contributed by atoms with E-state index in [1.54, 1.807) is 0 Å². The lowest BCUT2D eigenvalue weighted by molar-refractivity contribution is 0.529. The third-order valence-electron chi connectivity index (χ3n) is 2.90. The van der Waals surface area contributed by atoms with E-state index in [2.05, 4.69) is 60.2 Å². The Morgan fingerprint density at radius 3 is 3.00 bits per heavy atom. The molecule has 2 rings (SSSR count). The second-order valence-corrected chi connectivity index (χ2v) is 7.04. The second kappa shape index (κ2) is 6.11. The van der Waals surface area contributed by atoms with E-state index in [0.29, 0.717) is 12.0 Å². The van der Waals surface area contributed by atoms with Gasteiger partial charge in [-0.3, -0.25) is 4.99 Å². The Balaban J connectivity index is 2.04. The molecule has 1 aromatic carbocycles. The van der Waals surface area contributed by atoms with Crippen LogP contribution in [0.15, 0.2) is 27.7 Å². The number of aliphatic imine (C=N–C) groups is 1. The summed E-state index contributed by atoms with van der Waals surface area (Å²) in [6.45, 7) is 6.62. The Morgan fingerprint density at radius 1 is 1.50 bits per heavy atom. The van der Waals surface area contributed by atoms with Gasteiger partial charge in [-0.25, -0.2) is 0 Å². The van der Waals surface area contributed by atoms with Gasteiger partial charge in [0.1, 0.15) is 0 Å². The molecule has 4 heteroatoms. The number of thioether (sulfide) groups is 1. The van der Waals surface area contributed by atoms with Crippen LogP contribution in [0.1, 0.15) is 25.8 Å². The third-order valence-corrected chi connectivity index (χ3v) is 4.42. The molecule has 1 aliphatic rings. The van der Waals surface area contributed by atoms with Crippen molar-refractivity contribution in [3.8, 4) is 0 Å². The first-order chi connectivity index (χ1) is 8.54. The van der Waals surface area contributed by atoms with Gasteiger partial charge in [-0.05, 0) is 37.0 Å². The molecule has 1 N–H and O–H groups in total. The van der Waals surface area contributed by atoms with E-state index < -0.39 is 0 Å². The quantitative estimate of drug-likeness (QED) is 0.871. The van der Waals surface area contributed by atoms with Crippen molar-refractivity contribution in [1.82, 2.24) is 0 Å². The Hall–Kier alpha value is -0.480. The van der Waals surface area contributed by atoms with Crippen LogP contribution in [0.3, 0.4) is 0 Å². The maximum atomic E-state index is 4.75. The Morgan fingerprint density at radius 2 is 2.28 bits per heavy atom. The van der Waals surface area contributed by atoms with Crippen molar-refractivity contribution in [2.45, 2.75) is 33.2 Å². The number of aryl methyl sites for hydroxylation is 1. The molecule has 0 radical (unpaired) electrons. The summed E-state index contributed by atoms with van der Waals surface area (Å²) in [5.41, 5.74) is 2.38. The van der Waals surface area contributed by atoms with Crippen LogP contribution in [0, 0.1) is 12.8 Å².